The van der Waals surface area contributed by atoms with Gasteiger partial charge in [-0.1, -0.05) is 20.8 Å². The van der Waals surface area contributed by atoms with Crippen molar-refractivity contribution in [2.45, 2.75) is 46.2 Å². The minimum absolute atomic E-state index is 0. The lowest BCUT2D eigenvalue weighted by Crippen LogP contribution is -2.54. The Bertz CT molecular complexity index is 450. The van der Waals surface area contributed by atoms with E-state index in [1.807, 2.05) is 7.05 Å². The van der Waals surface area contributed by atoms with Crippen LogP contribution in [0, 0.1) is 5.92 Å². The topological polar surface area (TPSA) is 55.4 Å². The zero-order valence-electron chi connectivity index (χ0n) is 19.3. The highest BCUT2D eigenvalue weighted by atomic mass is 127. The molecule has 172 valence electrons. The second-order valence-corrected chi connectivity index (χ2v) is 8.58. The lowest BCUT2D eigenvalue weighted by molar-refractivity contribution is 0.0132. The van der Waals surface area contributed by atoms with Gasteiger partial charge in [0.15, 0.2) is 5.96 Å². The van der Waals surface area contributed by atoms with Crippen LogP contribution in [0.25, 0.3) is 0 Å². The number of morpholine rings is 1. The number of guanidine groups is 1. The highest BCUT2D eigenvalue weighted by Crippen LogP contribution is 2.13. The number of nitrogens with one attached hydrogen (secondary N) is 2. The number of likely N-dealkylation sites (N-methyl/N-ethyl adjacent to an activating group) is 1. The van der Waals surface area contributed by atoms with E-state index < -0.39 is 0 Å². The predicted octanol–water partition coefficient (Wildman–Crippen LogP) is 1.54. The lowest BCUT2D eigenvalue weighted by Gasteiger charge is -2.38. The fraction of sp³-hybridized carbons (Fsp3) is 0.952. The van der Waals surface area contributed by atoms with Gasteiger partial charge < -0.3 is 20.3 Å². The summed E-state index contributed by atoms with van der Waals surface area (Å²) in [5.74, 6) is 1.60. The van der Waals surface area contributed by atoms with Gasteiger partial charge in [-0.05, 0) is 25.8 Å². The summed E-state index contributed by atoms with van der Waals surface area (Å²) < 4.78 is 5.53. The van der Waals surface area contributed by atoms with E-state index in [2.05, 4.69) is 58.0 Å². The molecule has 8 heteroatoms. The fourth-order valence-corrected chi connectivity index (χ4v) is 4.18. The Morgan fingerprint density at radius 2 is 1.55 bits per heavy atom. The number of aliphatic imine (C=N–C) groups is 1. The summed E-state index contributed by atoms with van der Waals surface area (Å²) in [6.07, 6.45) is 1.20. The van der Waals surface area contributed by atoms with Gasteiger partial charge in [-0.25, -0.2) is 0 Å². The molecule has 0 aromatic carbocycles. The van der Waals surface area contributed by atoms with Crippen molar-refractivity contribution in [1.82, 2.24) is 25.3 Å². The maximum Gasteiger partial charge on any atom is 0.191 e. The van der Waals surface area contributed by atoms with Crippen LogP contribution in [-0.4, -0.2) is 112 Å². The molecule has 2 rings (SSSR count). The van der Waals surface area contributed by atoms with E-state index >= 15 is 0 Å². The van der Waals surface area contributed by atoms with E-state index in [4.69, 9.17) is 4.74 Å². The van der Waals surface area contributed by atoms with Gasteiger partial charge in [0.25, 0.3) is 0 Å². The van der Waals surface area contributed by atoms with Crippen LogP contribution in [-0.2, 0) is 4.74 Å². The molecule has 0 saturated carbocycles. The van der Waals surface area contributed by atoms with Gasteiger partial charge in [0.1, 0.15) is 0 Å². The third-order valence-corrected chi connectivity index (χ3v) is 6.08. The molecule has 29 heavy (non-hydrogen) atoms. The molecule has 0 aromatic heterocycles. The average Bonchev–Trinajstić information content (AvgIpc) is 2.73. The van der Waals surface area contributed by atoms with Gasteiger partial charge in [-0.3, -0.25) is 14.8 Å². The first-order valence-electron chi connectivity index (χ1n) is 11.3. The SMILES string of the molecule is CCN1CCN(C(C)CNC(=NC)NCC(CC(C)C)N2CCOCC2)CC1.I. The van der Waals surface area contributed by atoms with Crippen molar-refractivity contribution in [3.8, 4) is 0 Å². The highest BCUT2D eigenvalue weighted by molar-refractivity contribution is 14.0. The summed E-state index contributed by atoms with van der Waals surface area (Å²) in [6, 6.07) is 1.05. The van der Waals surface area contributed by atoms with Crippen LogP contribution < -0.4 is 10.6 Å². The smallest absolute Gasteiger partial charge is 0.191 e. The molecule has 0 amide bonds. The summed E-state index contributed by atoms with van der Waals surface area (Å²) in [5, 5.41) is 7.12. The Balaban J connectivity index is 0.00000420. The van der Waals surface area contributed by atoms with E-state index in [-0.39, 0.29) is 24.0 Å². The molecule has 2 unspecified atom stereocenters. The largest absolute Gasteiger partial charge is 0.379 e. The van der Waals surface area contributed by atoms with E-state index in [0.717, 1.165) is 65.0 Å². The third kappa shape index (κ3) is 9.67. The molecule has 2 aliphatic heterocycles. The second-order valence-electron chi connectivity index (χ2n) is 8.58. The normalized spacial score (nSPS) is 22.2. The predicted molar refractivity (Wildman–Crippen MR) is 134 cm³/mol. The molecule has 2 atom stereocenters. The Morgan fingerprint density at radius 3 is 2.10 bits per heavy atom. The maximum absolute atomic E-state index is 5.53. The minimum Gasteiger partial charge on any atom is -0.379 e. The molecule has 2 fully saturated rings. The van der Waals surface area contributed by atoms with Gasteiger partial charge in [0, 0.05) is 71.5 Å². The van der Waals surface area contributed by atoms with Crippen LogP contribution in [0.4, 0.5) is 0 Å². The zero-order valence-corrected chi connectivity index (χ0v) is 21.7. The van der Waals surface area contributed by atoms with Crippen molar-refractivity contribution < 1.29 is 4.74 Å². The van der Waals surface area contributed by atoms with Gasteiger partial charge in [-0.15, -0.1) is 24.0 Å². The van der Waals surface area contributed by atoms with E-state index in [9.17, 15) is 0 Å². The second kappa shape index (κ2) is 14.8. The molecule has 0 radical (unpaired) electrons. The van der Waals surface area contributed by atoms with Crippen molar-refractivity contribution in [1.29, 1.82) is 0 Å². The molecule has 0 aliphatic carbocycles. The van der Waals surface area contributed by atoms with Crippen LogP contribution >= 0.6 is 24.0 Å². The maximum atomic E-state index is 5.53. The quantitative estimate of drug-likeness (QED) is 0.271. The first-order chi connectivity index (χ1) is 13.5. The number of ether oxygens (including phenoxy) is 1. The fourth-order valence-electron chi connectivity index (χ4n) is 4.18. The first kappa shape index (κ1) is 26.9. The van der Waals surface area contributed by atoms with Crippen molar-refractivity contribution in [2.24, 2.45) is 10.9 Å². The summed E-state index contributed by atoms with van der Waals surface area (Å²) in [4.78, 5) is 12.1. The molecule has 0 aromatic rings. The number of rotatable bonds is 9. The summed E-state index contributed by atoms with van der Waals surface area (Å²) >= 11 is 0. The summed E-state index contributed by atoms with van der Waals surface area (Å²) in [5.41, 5.74) is 0. The van der Waals surface area contributed by atoms with Gasteiger partial charge in [0.05, 0.1) is 13.2 Å². The molecule has 2 N–H and O–H groups in total. The standard InChI is InChI=1S/C21H44N6O.HI/c1-6-25-7-9-26(10-8-25)19(4)16-23-21(22-5)24-17-20(15-18(2)3)27-11-13-28-14-12-27;/h18-20H,6-17H2,1-5H3,(H2,22,23,24);1H. The Hall–Kier alpha value is -0.160. The first-order valence-corrected chi connectivity index (χ1v) is 11.3. The van der Waals surface area contributed by atoms with Crippen molar-refractivity contribution in [3.63, 3.8) is 0 Å². The van der Waals surface area contributed by atoms with Crippen LogP contribution in [0.2, 0.25) is 0 Å². The molecule has 2 saturated heterocycles. The zero-order chi connectivity index (χ0) is 20.4. The molecule has 2 aliphatic rings. The third-order valence-electron chi connectivity index (χ3n) is 6.08. The average molecular weight is 525 g/mol. The molecule has 0 spiro atoms. The minimum atomic E-state index is 0. The van der Waals surface area contributed by atoms with Crippen LogP contribution in [0.3, 0.4) is 0 Å². The molecule has 0 bridgehead atoms. The van der Waals surface area contributed by atoms with Crippen LogP contribution in [0.1, 0.15) is 34.1 Å². The van der Waals surface area contributed by atoms with Gasteiger partial charge in [0.2, 0.25) is 0 Å². The van der Waals surface area contributed by atoms with E-state index in [1.54, 1.807) is 0 Å². The molecular formula is C21H45IN6O. The summed E-state index contributed by atoms with van der Waals surface area (Å²) in [7, 11) is 1.87. The number of piperazine rings is 1. The number of halogens is 1. The lowest BCUT2D eigenvalue weighted by atomic mass is 10.0. The Kier molecular flexibility index (Phi) is 13.7. The highest BCUT2D eigenvalue weighted by Gasteiger charge is 2.23. The molecular weight excluding hydrogens is 479 g/mol. The monoisotopic (exact) mass is 524 g/mol. The number of nitrogens with zero attached hydrogens (tertiary/aromatic N) is 4. The van der Waals surface area contributed by atoms with Gasteiger partial charge >= 0.3 is 0 Å². The van der Waals surface area contributed by atoms with E-state index in [0.29, 0.717) is 18.0 Å². The number of hydrogen-bond donors (Lipinski definition) is 2. The Labute approximate surface area is 196 Å². The molecule has 2 heterocycles. The van der Waals surface area contributed by atoms with Crippen molar-refractivity contribution in [2.75, 3.05) is 79.2 Å². The van der Waals surface area contributed by atoms with Crippen molar-refractivity contribution in [3.05, 3.63) is 0 Å². The molecule has 7 nitrogen and oxygen atoms in total. The van der Waals surface area contributed by atoms with Gasteiger partial charge in [-0.2, -0.15) is 0 Å². The van der Waals surface area contributed by atoms with Crippen molar-refractivity contribution >= 4 is 29.9 Å². The summed E-state index contributed by atoms with van der Waals surface area (Å²) in [6.45, 7) is 20.7. The Morgan fingerprint density at radius 1 is 0.931 bits per heavy atom. The van der Waals surface area contributed by atoms with E-state index in [1.165, 1.54) is 19.5 Å². The van der Waals surface area contributed by atoms with Crippen LogP contribution in [0.15, 0.2) is 4.99 Å². The number of hydrogen-bond acceptors (Lipinski definition) is 5. The van der Waals surface area contributed by atoms with Crippen LogP contribution in [0.5, 0.6) is 0 Å².